The van der Waals surface area contributed by atoms with E-state index >= 15 is 0 Å². The first kappa shape index (κ1) is 13.3. The largest absolute Gasteiger partial charge is 0.478 e. The van der Waals surface area contributed by atoms with Crippen LogP contribution < -0.4 is 5.73 Å². The molecule has 3 nitrogen and oxygen atoms in total. The lowest BCUT2D eigenvalue weighted by atomic mass is 9.98. The molecule has 3 N–H and O–H groups in total. The van der Waals surface area contributed by atoms with Gasteiger partial charge in [-0.1, -0.05) is 13.3 Å². The number of benzene rings is 1. The van der Waals surface area contributed by atoms with Crippen LogP contribution in [-0.2, 0) is 12.6 Å². The minimum Gasteiger partial charge on any atom is -0.478 e. The van der Waals surface area contributed by atoms with Crippen molar-refractivity contribution in [3.8, 4) is 0 Å². The van der Waals surface area contributed by atoms with Gasteiger partial charge in [0.1, 0.15) is 0 Å². The molecule has 0 aromatic heterocycles. The summed E-state index contributed by atoms with van der Waals surface area (Å²) in [4.78, 5) is 10.9. The zero-order chi connectivity index (χ0) is 13.2. The summed E-state index contributed by atoms with van der Waals surface area (Å²) in [5.74, 6) is -1.40. The van der Waals surface area contributed by atoms with E-state index in [0.717, 1.165) is 6.07 Å². The van der Waals surface area contributed by atoms with Crippen molar-refractivity contribution in [3.05, 3.63) is 28.8 Å². The van der Waals surface area contributed by atoms with Gasteiger partial charge in [-0.15, -0.1) is 0 Å². The summed E-state index contributed by atoms with van der Waals surface area (Å²) in [7, 11) is 0. The molecule has 0 radical (unpaired) electrons. The van der Waals surface area contributed by atoms with Crippen LogP contribution in [0.25, 0.3) is 0 Å². The highest BCUT2D eigenvalue weighted by Gasteiger charge is 2.32. The SMILES string of the molecule is CCCc1c(N)cc(C(F)(F)F)cc1C(=O)O. The summed E-state index contributed by atoms with van der Waals surface area (Å²) in [5.41, 5.74) is 4.20. The number of carboxylic acids is 1. The fraction of sp³-hybridized carbons (Fsp3) is 0.364. The second-order valence-electron chi connectivity index (χ2n) is 3.64. The van der Waals surface area contributed by atoms with Crippen LogP contribution in [0.5, 0.6) is 0 Å². The predicted octanol–water partition coefficient (Wildman–Crippen LogP) is 2.94. The zero-order valence-electron chi connectivity index (χ0n) is 9.14. The maximum absolute atomic E-state index is 12.5. The molecule has 1 aromatic rings. The van der Waals surface area contributed by atoms with Gasteiger partial charge < -0.3 is 10.8 Å². The molecule has 17 heavy (non-hydrogen) atoms. The molecule has 1 aromatic carbocycles. The minimum atomic E-state index is -4.59. The highest BCUT2D eigenvalue weighted by Crippen LogP contribution is 2.33. The normalized spacial score (nSPS) is 11.5. The number of aromatic carboxylic acids is 1. The minimum absolute atomic E-state index is 0.126. The first-order chi connectivity index (χ1) is 7.77. The number of halogens is 3. The summed E-state index contributed by atoms with van der Waals surface area (Å²) in [5, 5.41) is 8.88. The number of carboxylic acid groups (broad SMARTS) is 1. The first-order valence-corrected chi connectivity index (χ1v) is 5.00. The Bertz CT molecular complexity index is 441. The van der Waals surface area contributed by atoms with Crippen molar-refractivity contribution < 1.29 is 23.1 Å². The van der Waals surface area contributed by atoms with E-state index in [1.807, 2.05) is 0 Å². The van der Waals surface area contributed by atoms with Crippen LogP contribution in [-0.4, -0.2) is 11.1 Å². The molecule has 0 unspecified atom stereocenters. The molecule has 6 heteroatoms. The molecule has 0 aliphatic carbocycles. The van der Waals surface area contributed by atoms with Gasteiger partial charge in [0.05, 0.1) is 11.1 Å². The van der Waals surface area contributed by atoms with Crippen molar-refractivity contribution >= 4 is 11.7 Å². The Morgan fingerprint density at radius 3 is 2.41 bits per heavy atom. The lowest BCUT2D eigenvalue weighted by molar-refractivity contribution is -0.137. The van der Waals surface area contributed by atoms with E-state index in [9.17, 15) is 18.0 Å². The van der Waals surface area contributed by atoms with E-state index in [1.54, 1.807) is 6.92 Å². The Labute approximate surface area is 96.0 Å². The molecule has 0 aliphatic heterocycles. The number of alkyl halides is 3. The van der Waals surface area contributed by atoms with Gasteiger partial charge in [0.15, 0.2) is 0 Å². The van der Waals surface area contributed by atoms with Gasteiger partial charge in [-0.3, -0.25) is 0 Å². The molecule has 0 amide bonds. The highest BCUT2D eigenvalue weighted by molar-refractivity contribution is 5.91. The molecule has 0 spiro atoms. The van der Waals surface area contributed by atoms with Crippen molar-refractivity contribution in [1.82, 2.24) is 0 Å². The number of hydrogen-bond donors (Lipinski definition) is 2. The van der Waals surface area contributed by atoms with Crippen molar-refractivity contribution in [2.75, 3.05) is 5.73 Å². The van der Waals surface area contributed by atoms with E-state index in [-0.39, 0.29) is 16.8 Å². The summed E-state index contributed by atoms with van der Waals surface area (Å²) in [6.07, 6.45) is -3.65. The number of hydrogen-bond acceptors (Lipinski definition) is 2. The highest BCUT2D eigenvalue weighted by atomic mass is 19.4. The molecular formula is C11H12F3NO2. The van der Waals surface area contributed by atoms with Crippen molar-refractivity contribution in [2.24, 2.45) is 0 Å². The Balaban J connectivity index is 3.41. The molecule has 0 atom stereocenters. The molecule has 0 heterocycles. The Kier molecular flexibility index (Phi) is 3.65. The van der Waals surface area contributed by atoms with E-state index in [0.29, 0.717) is 18.9 Å². The summed E-state index contributed by atoms with van der Waals surface area (Å²) in [6.45, 7) is 1.79. The lowest BCUT2D eigenvalue weighted by Crippen LogP contribution is -2.12. The summed E-state index contributed by atoms with van der Waals surface area (Å²) < 4.78 is 37.4. The molecule has 0 saturated carbocycles. The molecular weight excluding hydrogens is 235 g/mol. The topological polar surface area (TPSA) is 63.3 Å². The molecule has 0 aliphatic rings. The van der Waals surface area contributed by atoms with Gasteiger partial charge in [-0.25, -0.2) is 4.79 Å². The number of nitrogens with two attached hydrogens (primary N) is 1. The van der Waals surface area contributed by atoms with Crippen LogP contribution in [0.15, 0.2) is 12.1 Å². The second kappa shape index (κ2) is 4.65. The van der Waals surface area contributed by atoms with Crippen molar-refractivity contribution in [1.29, 1.82) is 0 Å². The maximum atomic E-state index is 12.5. The molecule has 0 bridgehead atoms. The van der Waals surface area contributed by atoms with Gasteiger partial charge in [-0.2, -0.15) is 13.2 Å². The van der Waals surface area contributed by atoms with Crippen molar-refractivity contribution in [3.63, 3.8) is 0 Å². The third kappa shape index (κ3) is 2.89. The Hall–Kier alpha value is -1.72. The van der Waals surface area contributed by atoms with Crippen molar-refractivity contribution in [2.45, 2.75) is 25.9 Å². The fourth-order valence-electron chi connectivity index (χ4n) is 1.58. The Morgan fingerprint density at radius 1 is 1.41 bits per heavy atom. The van der Waals surface area contributed by atoms with Crippen LogP contribution in [0.3, 0.4) is 0 Å². The quantitative estimate of drug-likeness (QED) is 0.807. The van der Waals surface area contributed by atoms with E-state index < -0.39 is 17.7 Å². The number of anilines is 1. The average molecular weight is 247 g/mol. The molecule has 1 rings (SSSR count). The van der Waals surface area contributed by atoms with E-state index in [4.69, 9.17) is 10.8 Å². The first-order valence-electron chi connectivity index (χ1n) is 5.00. The van der Waals surface area contributed by atoms with Gasteiger partial charge >= 0.3 is 12.1 Å². The maximum Gasteiger partial charge on any atom is 0.416 e. The smallest absolute Gasteiger partial charge is 0.416 e. The monoisotopic (exact) mass is 247 g/mol. The predicted molar refractivity (Wildman–Crippen MR) is 56.8 cm³/mol. The standard InChI is InChI=1S/C11H12F3NO2/c1-2-3-7-8(10(16)17)4-6(5-9(7)15)11(12,13)14/h4-5H,2-3,15H2,1H3,(H,16,17). The number of carbonyl (C=O) groups is 1. The average Bonchev–Trinajstić information content (AvgIpc) is 2.18. The van der Waals surface area contributed by atoms with Gasteiger partial charge in [0.2, 0.25) is 0 Å². The van der Waals surface area contributed by atoms with Crippen LogP contribution in [0.1, 0.15) is 34.8 Å². The summed E-state index contributed by atoms with van der Waals surface area (Å²) >= 11 is 0. The van der Waals surface area contributed by atoms with Gasteiger partial charge in [0, 0.05) is 5.69 Å². The van der Waals surface area contributed by atoms with Gasteiger partial charge in [-0.05, 0) is 24.1 Å². The fourth-order valence-corrected chi connectivity index (χ4v) is 1.58. The van der Waals surface area contributed by atoms with Crippen LogP contribution in [0, 0.1) is 0 Å². The number of rotatable bonds is 3. The van der Waals surface area contributed by atoms with E-state index in [2.05, 4.69) is 0 Å². The van der Waals surface area contributed by atoms with Crippen LogP contribution in [0.2, 0.25) is 0 Å². The third-order valence-electron chi connectivity index (χ3n) is 2.34. The Morgan fingerprint density at radius 2 is 2.00 bits per heavy atom. The summed E-state index contributed by atoms with van der Waals surface area (Å²) in [6, 6.07) is 1.40. The van der Waals surface area contributed by atoms with Crippen LogP contribution >= 0.6 is 0 Å². The molecule has 0 saturated heterocycles. The second-order valence-corrected chi connectivity index (χ2v) is 3.64. The lowest BCUT2D eigenvalue weighted by Gasteiger charge is -2.13. The van der Waals surface area contributed by atoms with E-state index in [1.165, 1.54) is 0 Å². The number of nitrogen functional groups attached to an aromatic ring is 1. The third-order valence-corrected chi connectivity index (χ3v) is 2.34. The molecule has 0 fully saturated rings. The molecule has 94 valence electrons. The van der Waals surface area contributed by atoms with Gasteiger partial charge in [0.25, 0.3) is 0 Å². The zero-order valence-corrected chi connectivity index (χ0v) is 9.14. The van der Waals surface area contributed by atoms with Crippen LogP contribution in [0.4, 0.5) is 18.9 Å².